The van der Waals surface area contributed by atoms with Crippen LogP contribution >= 0.6 is 38.9 Å². The fraction of sp³-hybridized carbons (Fsp3) is 0.400. The van der Waals surface area contributed by atoms with E-state index in [0.717, 1.165) is 33.6 Å². The van der Waals surface area contributed by atoms with Gasteiger partial charge in [-0.25, -0.2) is 4.98 Å². The van der Waals surface area contributed by atoms with Crippen molar-refractivity contribution in [3.63, 3.8) is 0 Å². The first-order valence-corrected chi connectivity index (χ1v) is 8.55. The monoisotopic (exact) mass is 370 g/mol. The Morgan fingerprint density at radius 3 is 2.90 bits per heavy atom. The predicted molar refractivity (Wildman–Crippen MR) is 89.3 cm³/mol. The molecule has 1 heterocycles. The highest BCUT2D eigenvalue weighted by Crippen LogP contribution is 2.44. The van der Waals surface area contributed by atoms with Gasteiger partial charge in [-0.15, -0.1) is 11.3 Å². The van der Waals surface area contributed by atoms with Crippen molar-refractivity contribution < 1.29 is 0 Å². The SMILES string of the molecule is CC1(C)Cc2nc(-c3ccc(Br)c(Cl)c3)sc2C(N)C1. The Labute approximate surface area is 136 Å². The summed E-state index contributed by atoms with van der Waals surface area (Å²) in [5.74, 6) is 0. The number of benzene rings is 1. The average molecular weight is 372 g/mol. The maximum Gasteiger partial charge on any atom is 0.123 e. The van der Waals surface area contributed by atoms with Gasteiger partial charge >= 0.3 is 0 Å². The molecule has 0 saturated carbocycles. The molecule has 1 aliphatic carbocycles. The molecular weight excluding hydrogens is 356 g/mol. The van der Waals surface area contributed by atoms with E-state index in [0.29, 0.717) is 5.02 Å². The molecule has 0 aliphatic heterocycles. The Bertz CT molecular complexity index is 666. The van der Waals surface area contributed by atoms with Crippen LogP contribution in [0.25, 0.3) is 10.6 Å². The minimum atomic E-state index is 0.103. The standard InChI is InChI=1S/C15H16BrClN2S/c1-15(2)6-11(18)13-12(7-15)19-14(20-13)8-3-4-9(16)10(17)5-8/h3-5,11H,6-7,18H2,1-2H3. The number of thiazole rings is 1. The molecule has 2 aromatic rings. The molecule has 1 unspecified atom stereocenters. The fourth-order valence-electron chi connectivity index (χ4n) is 2.75. The normalized spacial score (nSPS) is 20.8. The lowest BCUT2D eigenvalue weighted by atomic mass is 9.77. The van der Waals surface area contributed by atoms with Gasteiger partial charge in [-0.3, -0.25) is 0 Å². The van der Waals surface area contributed by atoms with E-state index in [-0.39, 0.29) is 11.5 Å². The Kier molecular flexibility index (Phi) is 3.70. The van der Waals surface area contributed by atoms with Crippen molar-refractivity contribution in [3.05, 3.63) is 38.3 Å². The summed E-state index contributed by atoms with van der Waals surface area (Å²) in [7, 11) is 0. The summed E-state index contributed by atoms with van der Waals surface area (Å²) in [6.07, 6.45) is 2.01. The summed E-state index contributed by atoms with van der Waals surface area (Å²) >= 11 is 11.3. The maximum atomic E-state index is 6.30. The fourth-order valence-corrected chi connectivity index (χ4v) is 4.25. The lowest BCUT2D eigenvalue weighted by molar-refractivity contribution is 0.282. The van der Waals surface area contributed by atoms with Crippen LogP contribution in [0.15, 0.2) is 22.7 Å². The highest BCUT2D eigenvalue weighted by atomic mass is 79.9. The number of rotatable bonds is 1. The number of hydrogen-bond donors (Lipinski definition) is 1. The summed E-state index contributed by atoms with van der Waals surface area (Å²) in [4.78, 5) is 6.04. The molecule has 2 N–H and O–H groups in total. The number of hydrogen-bond acceptors (Lipinski definition) is 3. The van der Waals surface area contributed by atoms with Crippen LogP contribution in [0.4, 0.5) is 0 Å². The van der Waals surface area contributed by atoms with Gasteiger partial charge < -0.3 is 5.73 Å². The van der Waals surface area contributed by atoms with Crippen molar-refractivity contribution >= 4 is 38.9 Å². The molecule has 0 radical (unpaired) electrons. The Balaban J connectivity index is 2.03. The lowest BCUT2D eigenvalue weighted by Gasteiger charge is -2.32. The van der Waals surface area contributed by atoms with Crippen LogP contribution in [-0.4, -0.2) is 4.98 Å². The molecule has 1 aliphatic rings. The van der Waals surface area contributed by atoms with Gasteiger partial charge in [0.1, 0.15) is 5.01 Å². The molecule has 0 fully saturated rings. The van der Waals surface area contributed by atoms with Crippen LogP contribution < -0.4 is 5.73 Å². The molecule has 1 atom stereocenters. The first kappa shape index (κ1) is 14.5. The Morgan fingerprint density at radius 1 is 1.45 bits per heavy atom. The predicted octanol–water partition coefficient (Wildman–Crippen LogP) is 5.20. The van der Waals surface area contributed by atoms with Crippen molar-refractivity contribution in [3.8, 4) is 10.6 Å². The second kappa shape index (κ2) is 5.09. The molecular formula is C15H16BrClN2S. The molecule has 20 heavy (non-hydrogen) atoms. The molecule has 0 spiro atoms. The van der Waals surface area contributed by atoms with Crippen LogP contribution in [0.1, 0.15) is 36.9 Å². The van der Waals surface area contributed by atoms with Crippen molar-refractivity contribution in [1.29, 1.82) is 0 Å². The third-order valence-electron chi connectivity index (χ3n) is 3.65. The summed E-state index contributed by atoms with van der Waals surface area (Å²) in [6, 6.07) is 6.05. The number of nitrogens with zero attached hydrogens (tertiary/aromatic N) is 1. The van der Waals surface area contributed by atoms with Crippen LogP contribution in [0.2, 0.25) is 5.02 Å². The molecule has 3 rings (SSSR count). The van der Waals surface area contributed by atoms with E-state index in [1.165, 1.54) is 4.88 Å². The second-order valence-electron chi connectivity index (χ2n) is 6.11. The Hall–Kier alpha value is -0.420. The van der Waals surface area contributed by atoms with Gasteiger partial charge in [-0.05, 0) is 46.3 Å². The zero-order valence-electron chi connectivity index (χ0n) is 11.4. The van der Waals surface area contributed by atoms with Gasteiger partial charge in [0, 0.05) is 21.0 Å². The number of nitrogens with two attached hydrogens (primary N) is 1. The molecule has 0 bridgehead atoms. The number of fused-ring (bicyclic) bond motifs is 1. The van der Waals surface area contributed by atoms with E-state index in [9.17, 15) is 0 Å². The van der Waals surface area contributed by atoms with Crippen molar-refractivity contribution in [2.45, 2.75) is 32.7 Å². The van der Waals surface area contributed by atoms with E-state index in [1.54, 1.807) is 11.3 Å². The van der Waals surface area contributed by atoms with Gasteiger partial charge in [0.05, 0.1) is 10.7 Å². The maximum absolute atomic E-state index is 6.30. The topological polar surface area (TPSA) is 38.9 Å². The van der Waals surface area contributed by atoms with Crippen LogP contribution in [-0.2, 0) is 6.42 Å². The summed E-state index contributed by atoms with van der Waals surface area (Å²) in [6.45, 7) is 4.51. The van der Waals surface area contributed by atoms with Gasteiger partial charge in [0.15, 0.2) is 0 Å². The van der Waals surface area contributed by atoms with Gasteiger partial charge in [-0.2, -0.15) is 0 Å². The zero-order valence-corrected chi connectivity index (χ0v) is 14.6. The second-order valence-corrected chi connectivity index (χ2v) is 8.40. The summed E-state index contributed by atoms with van der Waals surface area (Å²) in [5, 5.41) is 1.72. The summed E-state index contributed by atoms with van der Waals surface area (Å²) in [5.41, 5.74) is 8.75. The molecule has 0 saturated heterocycles. The van der Waals surface area contributed by atoms with Crippen molar-refractivity contribution in [1.82, 2.24) is 4.98 Å². The van der Waals surface area contributed by atoms with Crippen LogP contribution in [0, 0.1) is 5.41 Å². The van der Waals surface area contributed by atoms with Gasteiger partial charge in [0.25, 0.3) is 0 Å². The van der Waals surface area contributed by atoms with E-state index >= 15 is 0 Å². The van der Waals surface area contributed by atoms with E-state index in [4.69, 9.17) is 22.3 Å². The van der Waals surface area contributed by atoms with Gasteiger partial charge in [-0.1, -0.05) is 31.5 Å². The quantitative estimate of drug-likeness (QED) is 0.748. The van der Waals surface area contributed by atoms with Gasteiger partial charge in [0.2, 0.25) is 0 Å². The highest BCUT2D eigenvalue weighted by Gasteiger charge is 2.33. The van der Waals surface area contributed by atoms with Crippen LogP contribution in [0.3, 0.4) is 0 Å². The lowest BCUT2D eigenvalue weighted by Crippen LogP contribution is -2.28. The third-order valence-corrected chi connectivity index (χ3v) is 6.16. The summed E-state index contributed by atoms with van der Waals surface area (Å²) < 4.78 is 0.905. The highest BCUT2D eigenvalue weighted by molar-refractivity contribution is 9.10. The third kappa shape index (κ3) is 2.67. The smallest absolute Gasteiger partial charge is 0.123 e. The van der Waals surface area contributed by atoms with E-state index in [1.807, 2.05) is 18.2 Å². The molecule has 5 heteroatoms. The first-order valence-electron chi connectivity index (χ1n) is 6.56. The Morgan fingerprint density at radius 2 is 2.20 bits per heavy atom. The van der Waals surface area contributed by atoms with Crippen molar-refractivity contribution in [2.24, 2.45) is 11.1 Å². The minimum Gasteiger partial charge on any atom is -0.323 e. The largest absolute Gasteiger partial charge is 0.323 e. The molecule has 1 aromatic heterocycles. The van der Waals surface area contributed by atoms with E-state index in [2.05, 4.69) is 29.8 Å². The minimum absolute atomic E-state index is 0.103. The molecule has 0 amide bonds. The number of halogens is 2. The average Bonchev–Trinajstić information content (AvgIpc) is 2.75. The van der Waals surface area contributed by atoms with E-state index < -0.39 is 0 Å². The first-order chi connectivity index (χ1) is 9.35. The molecule has 2 nitrogen and oxygen atoms in total. The zero-order chi connectivity index (χ0) is 14.5. The van der Waals surface area contributed by atoms with Crippen LogP contribution in [0.5, 0.6) is 0 Å². The van der Waals surface area contributed by atoms with Crippen molar-refractivity contribution in [2.75, 3.05) is 0 Å². The number of aromatic nitrogens is 1. The molecule has 106 valence electrons. The molecule has 1 aromatic carbocycles.